The van der Waals surface area contributed by atoms with Crippen LogP contribution in [0.5, 0.6) is 0 Å². The van der Waals surface area contributed by atoms with Gasteiger partial charge in [-0.05, 0) is 24.3 Å². The van der Waals surface area contributed by atoms with Gasteiger partial charge in [0.05, 0.1) is 12.6 Å². The van der Waals surface area contributed by atoms with Crippen LogP contribution in [0, 0.1) is 5.92 Å². The van der Waals surface area contributed by atoms with Crippen molar-refractivity contribution in [1.29, 1.82) is 0 Å². The zero-order valence-corrected chi connectivity index (χ0v) is 16.6. The monoisotopic (exact) mass is 396 g/mol. The van der Waals surface area contributed by atoms with E-state index in [-0.39, 0.29) is 30.6 Å². The van der Waals surface area contributed by atoms with Gasteiger partial charge in [0, 0.05) is 25.7 Å². The molecule has 2 aliphatic rings. The van der Waals surface area contributed by atoms with Gasteiger partial charge in [0.1, 0.15) is 5.69 Å². The fourth-order valence-electron chi connectivity index (χ4n) is 4.27. The molecule has 0 radical (unpaired) electrons. The van der Waals surface area contributed by atoms with Crippen molar-refractivity contribution in [2.45, 2.75) is 51.3 Å². The standard InChI is InChI=1S/C22H28N4O3/c27-18-12-23-21(28)20-11-19(24-26(20)15-18)22(29)25(13-16-7-3-1-4-8-16)14-17-9-5-2-6-10-17/h1,3-4,7-8,11,17-18,27H,2,5-6,9-10,12-15H2,(H,23,28). The Morgan fingerprint density at radius 1 is 1.21 bits per heavy atom. The van der Waals surface area contributed by atoms with Gasteiger partial charge in [-0.3, -0.25) is 14.3 Å². The molecule has 1 aliphatic heterocycles. The third kappa shape index (κ3) is 4.67. The molecule has 7 nitrogen and oxygen atoms in total. The van der Waals surface area contributed by atoms with Crippen LogP contribution < -0.4 is 5.32 Å². The number of β-amino-alcohol motifs (C(OH)–C–C–N with tert-alkyl or cyclic N) is 1. The number of carbonyl (C=O) groups excluding carboxylic acids is 2. The summed E-state index contributed by atoms with van der Waals surface area (Å²) in [6, 6.07) is 11.5. The van der Waals surface area contributed by atoms with E-state index in [1.165, 1.54) is 23.9 Å². The maximum Gasteiger partial charge on any atom is 0.274 e. The van der Waals surface area contributed by atoms with E-state index in [4.69, 9.17) is 0 Å². The average molecular weight is 396 g/mol. The first kappa shape index (κ1) is 19.6. The smallest absolute Gasteiger partial charge is 0.274 e. The second kappa shape index (κ2) is 8.78. The van der Waals surface area contributed by atoms with Crippen LogP contribution in [0.25, 0.3) is 0 Å². The normalized spacial score (nSPS) is 19.9. The molecule has 154 valence electrons. The van der Waals surface area contributed by atoms with E-state index in [2.05, 4.69) is 10.4 Å². The number of fused-ring (bicyclic) bond motifs is 1. The lowest BCUT2D eigenvalue weighted by Gasteiger charge is -2.29. The molecular formula is C22H28N4O3. The summed E-state index contributed by atoms with van der Waals surface area (Å²) in [6.07, 6.45) is 5.28. The highest BCUT2D eigenvalue weighted by molar-refractivity contribution is 5.98. The molecule has 1 aromatic heterocycles. The average Bonchev–Trinajstić information content (AvgIpc) is 3.11. The number of aromatic nitrogens is 2. The van der Waals surface area contributed by atoms with E-state index < -0.39 is 6.10 Å². The number of benzene rings is 1. The Kier molecular flexibility index (Phi) is 5.94. The van der Waals surface area contributed by atoms with Crippen LogP contribution in [0.15, 0.2) is 36.4 Å². The molecular weight excluding hydrogens is 368 g/mol. The zero-order chi connectivity index (χ0) is 20.2. The number of hydrogen-bond acceptors (Lipinski definition) is 4. The topological polar surface area (TPSA) is 87.5 Å². The Bertz CT molecular complexity index is 858. The second-order valence-electron chi connectivity index (χ2n) is 8.14. The Balaban J connectivity index is 1.58. The third-order valence-electron chi connectivity index (χ3n) is 5.82. The van der Waals surface area contributed by atoms with E-state index in [9.17, 15) is 14.7 Å². The lowest BCUT2D eigenvalue weighted by molar-refractivity contribution is 0.0691. The van der Waals surface area contributed by atoms with Gasteiger partial charge in [-0.15, -0.1) is 0 Å². The molecule has 1 aromatic carbocycles. The Morgan fingerprint density at radius 3 is 2.72 bits per heavy atom. The molecule has 2 amide bonds. The summed E-state index contributed by atoms with van der Waals surface area (Å²) in [4.78, 5) is 27.5. The van der Waals surface area contributed by atoms with Crippen molar-refractivity contribution < 1.29 is 14.7 Å². The van der Waals surface area contributed by atoms with Gasteiger partial charge in [-0.1, -0.05) is 49.6 Å². The maximum atomic E-state index is 13.4. The SMILES string of the molecule is O=C1NCC(O)Cn2nc(C(=O)N(Cc3ccccc3)CC3CCCCC3)cc21. The molecule has 2 aromatic rings. The highest BCUT2D eigenvalue weighted by atomic mass is 16.3. The summed E-state index contributed by atoms with van der Waals surface area (Å²) in [5, 5.41) is 17.0. The van der Waals surface area contributed by atoms with Gasteiger partial charge in [0.2, 0.25) is 0 Å². The van der Waals surface area contributed by atoms with Crippen LogP contribution >= 0.6 is 0 Å². The Labute approximate surface area is 170 Å². The van der Waals surface area contributed by atoms with Crippen molar-refractivity contribution in [3.05, 3.63) is 53.3 Å². The number of hydrogen-bond donors (Lipinski definition) is 2. The van der Waals surface area contributed by atoms with Crippen LogP contribution in [0.2, 0.25) is 0 Å². The Morgan fingerprint density at radius 2 is 1.97 bits per heavy atom. The summed E-state index contributed by atoms with van der Waals surface area (Å²) in [6.45, 7) is 1.61. The predicted octanol–water partition coefficient (Wildman–Crippen LogP) is 2.21. The Hall–Kier alpha value is -2.67. The van der Waals surface area contributed by atoms with Gasteiger partial charge in [0.15, 0.2) is 5.69 Å². The molecule has 7 heteroatoms. The zero-order valence-electron chi connectivity index (χ0n) is 16.6. The van der Waals surface area contributed by atoms with Crippen molar-refractivity contribution >= 4 is 11.8 Å². The van der Waals surface area contributed by atoms with Gasteiger partial charge >= 0.3 is 0 Å². The van der Waals surface area contributed by atoms with Crippen molar-refractivity contribution in [3.63, 3.8) is 0 Å². The number of aliphatic hydroxyl groups is 1. The van der Waals surface area contributed by atoms with E-state index in [0.29, 0.717) is 24.7 Å². The van der Waals surface area contributed by atoms with E-state index >= 15 is 0 Å². The van der Waals surface area contributed by atoms with Crippen LogP contribution in [-0.2, 0) is 13.1 Å². The molecule has 2 N–H and O–H groups in total. The number of carbonyl (C=O) groups is 2. The fourth-order valence-corrected chi connectivity index (χ4v) is 4.27. The first-order valence-electron chi connectivity index (χ1n) is 10.5. The molecule has 4 rings (SSSR count). The molecule has 1 aliphatic carbocycles. The second-order valence-corrected chi connectivity index (χ2v) is 8.14. The molecule has 1 atom stereocenters. The molecule has 1 unspecified atom stereocenters. The fraction of sp³-hybridized carbons (Fsp3) is 0.500. The van der Waals surface area contributed by atoms with E-state index in [0.717, 1.165) is 18.4 Å². The van der Waals surface area contributed by atoms with Crippen molar-refractivity contribution in [3.8, 4) is 0 Å². The van der Waals surface area contributed by atoms with Crippen LogP contribution in [0.1, 0.15) is 58.6 Å². The number of nitrogens with zero attached hydrogens (tertiary/aromatic N) is 3. The summed E-state index contributed by atoms with van der Waals surface area (Å²) in [5.41, 5.74) is 1.66. The highest BCUT2D eigenvalue weighted by Gasteiger charge is 2.28. The molecule has 29 heavy (non-hydrogen) atoms. The molecule has 0 spiro atoms. The maximum absolute atomic E-state index is 13.4. The summed E-state index contributed by atoms with van der Waals surface area (Å²) >= 11 is 0. The lowest BCUT2D eigenvalue weighted by atomic mass is 9.89. The van der Waals surface area contributed by atoms with E-state index in [1.807, 2.05) is 35.2 Å². The highest BCUT2D eigenvalue weighted by Crippen LogP contribution is 2.26. The number of amides is 2. The van der Waals surface area contributed by atoms with Crippen LogP contribution in [0.4, 0.5) is 0 Å². The van der Waals surface area contributed by atoms with Crippen molar-refractivity contribution in [2.75, 3.05) is 13.1 Å². The first-order valence-corrected chi connectivity index (χ1v) is 10.5. The minimum Gasteiger partial charge on any atom is -0.389 e. The van der Waals surface area contributed by atoms with Gasteiger partial charge in [-0.25, -0.2) is 0 Å². The minimum absolute atomic E-state index is 0.165. The molecule has 1 fully saturated rings. The summed E-state index contributed by atoms with van der Waals surface area (Å²) in [7, 11) is 0. The van der Waals surface area contributed by atoms with Gasteiger partial charge in [0.25, 0.3) is 11.8 Å². The summed E-state index contributed by atoms with van der Waals surface area (Å²) in [5.74, 6) is 0.0271. The van der Waals surface area contributed by atoms with Crippen molar-refractivity contribution in [1.82, 2.24) is 20.0 Å². The number of nitrogens with one attached hydrogen (secondary N) is 1. The van der Waals surface area contributed by atoms with Crippen LogP contribution in [0.3, 0.4) is 0 Å². The predicted molar refractivity (Wildman–Crippen MR) is 108 cm³/mol. The molecule has 0 saturated heterocycles. The largest absolute Gasteiger partial charge is 0.389 e. The molecule has 1 saturated carbocycles. The van der Waals surface area contributed by atoms with Crippen molar-refractivity contribution in [2.24, 2.45) is 5.92 Å². The first-order chi connectivity index (χ1) is 14.1. The number of rotatable bonds is 5. The molecule has 0 bridgehead atoms. The summed E-state index contributed by atoms with van der Waals surface area (Å²) < 4.78 is 1.45. The molecule has 2 heterocycles. The minimum atomic E-state index is -0.717. The lowest BCUT2D eigenvalue weighted by Crippen LogP contribution is -2.36. The third-order valence-corrected chi connectivity index (χ3v) is 5.82. The van der Waals surface area contributed by atoms with E-state index in [1.54, 1.807) is 6.07 Å². The van der Waals surface area contributed by atoms with Gasteiger partial charge in [-0.2, -0.15) is 5.10 Å². The van der Waals surface area contributed by atoms with Crippen LogP contribution in [-0.4, -0.2) is 50.8 Å². The van der Waals surface area contributed by atoms with Gasteiger partial charge < -0.3 is 15.3 Å². The number of aliphatic hydroxyl groups excluding tert-OH is 1. The quantitative estimate of drug-likeness (QED) is 0.811.